The molecule has 2 amide bonds. The molecule has 1 aromatic carbocycles. The lowest BCUT2D eigenvalue weighted by molar-refractivity contribution is 0.0973. The van der Waals surface area contributed by atoms with Crippen LogP contribution in [0.3, 0.4) is 0 Å². The van der Waals surface area contributed by atoms with E-state index < -0.39 is 17.8 Å². The number of fused-ring (bicyclic) bond motifs is 1. The number of carboxylic acid groups (broad SMARTS) is 1. The van der Waals surface area contributed by atoms with Crippen LogP contribution in [-0.4, -0.2) is 73.5 Å². The normalized spacial score (nSPS) is 18.3. The van der Waals surface area contributed by atoms with Crippen molar-refractivity contribution >= 4 is 34.5 Å². The summed E-state index contributed by atoms with van der Waals surface area (Å²) in [6.45, 7) is 6.48. The van der Waals surface area contributed by atoms with Crippen LogP contribution in [0, 0.1) is 5.82 Å². The minimum absolute atomic E-state index is 0.0916. The number of hydrogen-bond acceptors (Lipinski definition) is 7. The number of aryl methyl sites for hydroxylation is 1. The number of carbonyl (C=O) groups is 2. The summed E-state index contributed by atoms with van der Waals surface area (Å²) in [5.41, 5.74) is 0.583. The molecule has 2 aromatic heterocycles. The Morgan fingerprint density at radius 3 is 2.62 bits per heavy atom. The van der Waals surface area contributed by atoms with Crippen molar-refractivity contribution in [1.82, 2.24) is 24.6 Å². The molecule has 0 spiro atoms. The molecule has 4 rings (SSSR count). The minimum atomic E-state index is -0.969. The smallest absolute Gasteiger partial charge is 0.407 e. The highest BCUT2D eigenvalue weighted by molar-refractivity contribution is 6.06. The van der Waals surface area contributed by atoms with Gasteiger partial charge in [0.25, 0.3) is 5.91 Å². The lowest BCUT2D eigenvalue weighted by Gasteiger charge is -2.42. The first-order valence-corrected chi connectivity index (χ1v) is 10.9. The van der Waals surface area contributed by atoms with Gasteiger partial charge in [-0.1, -0.05) is 0 Å². The van der Waals surface area contributed by atoms with E-state index in [9.17, 15) is 19.1 Å². The van der Waals surface area contributed by atoms with Crippen molar-refractivity contribution in [1.29, 1.82) is 0 Å². The summed E-state index contributed by atoms with van der Waals surface area (Å²) in [4.78, 5) is 36.5. The fraction of sp³-hybridized carbons (Fsp3) is 0.409. The van der Waals surface area contributed by atoms with Crippen LogP contribution in [0.15, 0.2) is 24.5 Å². The fourth-order valence-electron chi connectivity index (χ4n) is 4.26. The number of amides is 2. The van der Waals surface area contributed by atoms with E-state index in [0.717, 1.165) is 0 Å². The molecule has 12 heteroatoms. The summed E-state index contributed by atoms with van der Waals surface area (Å²) >= 11 is 0. The van der Waals surface area contributed by atoms with E-state index in [1.54, 1.807) is 26.2 Å². The van der Waals surface area contributed by atoms with E-state index in [0.29, 0.717) is 24.4 Å². The van der Waals surface area contributed by atoms with Crippen molar-refractivity contribution in [3.63, 3.8) is 0 Å². The maximum atomic E-state index is 14.4. The van der Waals surface area contributed by atoms with Gasteiger partial charge in [-0.05, 0) is 32.9 Å². The van der Waals surface area contributed by atoms with Crippen LogP contribution in [0.4, 0.5) is 20.8 Å². The van der Waals surface area contributed by atoms with Crippen LogP contribution < -0.4 is 15.0 Å². The topological polar surface area (TPSA) is 126 Å². The molecule has 3 aromatic rings. The van der Waals surface area contributed by atoms with E-state index in [1.165, 1.54) is 21.8 Å². The highest BCUT2D eigenvalue weighted by Gasteiger charge is 2.34. The van der Waals surface area contributed by atoms with Crippen molar-refractivity contribution in [3.05, 3.63) is 35.9 Å². The Balaban J connectivity index is 1.58. The number of ether oxygens (including phenoxy) is 1. The molecule has 11 nitrogen and oxygen atoms in total. The summed E-state index contributed by atoms with van der Waals surface area (Å²) in [6, 6.07) is 2.30. The van der Waals surface area contributed by atoms with Gasteiger partial charge in [0.1, 0.15) is 11.1 Å². The van der Waals surface area contributed by atoms with E-state index in [-0.39, 0.29) is 41.3 Å². The molecule has 2 atom stereocenters. The summed E-state index contributed by atoms with van der Waals surface area (Å²) < 4.78 is 21.5. The molecule has 1 fully saturated rings. The molecule has 0 aliphatic carbocycles. The van der Waals surface area contributed by atoms with Gasteiger partial charge < -0.3 is 20.1 Å². The molecule has 1 aliphatic rings. The maximum absolute atomic E-state index is 14.4. The highest BCUT2D eigenvalue weighted by Crippen LogP contribution is 2.26. The molecule has 0 bridgehead atoms. The van der Waals surface area contributed by atoms with E-state index >= 15 is 0 Å². The average Bonchev–Trinajstić information content (AvgIpc) is 3.14. The molecular formula is C22H26FN7O4. The second-order valence-electron chi connectivity index (χ2n) is 8.27. The summed E-state index contributed by atoms with van der Waals surface area (Å²) in [6.07, 6.45) is 2.05. The molecule has 0 unspecified atom stereocenters. The van der Waals surface area contributed by atoms with Gasteiger partial charge in [0.15, 0.2) is 5.82 Å². The number of aromatic nitrogens is 4. The number of anilines is 2. The fourth-order valence-corrected chi connectivity index (χ4v) is 4.26. The van der Waals surface area contributed by atoms with E-state index in [2.05, 4.69) is 20.4 Å². The third-order valence-electron chi connectivity index (χ3n) is 5.62. The van der Waals surface area contributed by atoms with E-state index in [1.807, 2.05) is 18.7 Å². The molecule has 180 valence electrons. The first-order valence-electron chi connectivity index (χ1n) is 10.9. The number of hydrogen-bond donors (Lipinski definition) is 2. The SMILES string of the molecule is CCOc1nc(N2C[C@@H](C)N(C(=O)O)[C@@H](C)C2)ncc1C(=O)Nc1cc(F)c2nn(C)cc2c1. The summed E-state index contributed by atoms with van der Waals surface area (Å²) in [7, 11) is 1.69. The Bertz CT molecular complexity index is 1240. The van der Waals surface area contributed by atoms with Gasteiger partial charge in [0.05, 0.1) is 18.7 Å². The van der Waals surface area contributed by atoms with Crippen LogP contribution in [0.5, 0.6) is 5.88 Å². The first kappa shape index (κ1) is 23.2. The second-order valence-corrected chi connectivity index (χ2v) is 8.27. The predicted molar refractivity (Wildman–Crippen MR) is 123 cm³/mol. The zero-order chi connectivity index (χ0) is 24.6. The molecule has 3 heterocycles. The largest absolute Gasteiger partial charge is 0.477 e. The number of carbonyl (C=O) groups excluding carboxylic acids is 1. The zero-order valence-corrected chi connectivity index (χ0v) is 19.3. The van der Waals surface area contributed by atoms with E-state index in [4.69, 9.17) is 4.74 Å². The Morgan fingerprint density at radius 1 is 1.26 bits per heavy atom. The van der Waals surface area contributed by atoms with Crippen LogP contribution in [0.1, 0.15) is 31.1 Å². The maximum Gasteiger partial charge on any atom is 0.407 e. The number of halogens is 1. The van der Waals surface area contributed by atoms with Crippen molar-refractivity contribution in [2.75, 3.05) is 29.9 Å². The monoisotopic (exact) mass is 471 g/mol. The van der Waals surface area contributed by atoms with Crippen molar-refractivity contribution < 1.29 is 23.8 Å². The van der Waals surface area contributed by atoms with Crippen LogP contribution in [0.25, 0.3) is 10.9 Å². The predicted octanol–water partition coefficient (Wildman–Crippen LogP) is 2.73. The summed E-state index contributed by atoms with van der Waals surface area (Å²) in [5, 5.41) is 16.7. The van der Waals surface area contributed by atoms with Crippen LogP contribution in [-0.2, 0) is 7.05 Å². The Labute approximate surface area is 195 Å². The first-order chi connectivity index (χ1) is 16.2. The van der Waals surface area contributed by atoms with Gasteiger partial charge in [0.2, 0.25) is 11.8 Å². The average molecular weight is 471 g/mol. The lowest BCUT2D eigenvalue weighted by Crippen LogP contribution is -2.58. The van der Waals surface area contributed by atoms with Gasteiger partial charge in [-0.3, -0.25) is 14.4 Å². The standard InChI is InChI=1S/C22H26FN7O4/c1-5-34-20-16(19(31)25-15-6-14-11-28(4)27-18(14)17(23)7-15)8-24-21(26-20)29-9-12(2)30(22(32)33)13(3)10-29/h6-8,11-13H,5,9-10H2,1-4H3,(H,25,31)(H,32,33)/t12-,13+. The lowest BCUT2D eigenvalue weighted by atomic mass is 10.1. The third-order valence-corrected chi connectivity index (χ3v) is 5.62. The van der Waals surface area contributed by atoms with Gasteiger partial charge in [-0.2, -0.15) is 10.1 Å². The summed E-state index contributed by atoms with van der Waals surface area (Å²) in [5.74, 6) is -0.663. The van der Waals surface area contributed by atoms with Gasteiger partial charge >= 0.3 is 6.09 Å². The molecule has 0 saturated carbocycles. The van der Waals surface area contributed by atoms with Gasteiger partial charge in [-0.25, -0.2) is 14.2 Å². The number of piperazine rings is 1. The van der Waals surface area contributed by atoms with Crippen LogP contribution >= 0.6 is 0 Å². The Kier molecular flexibility index (Phi) is 6.22. The molecule has 2 N–H and O–H groups in total. The Hall–Kier alpha value is -3.96. The molecular weight excluding hydrogens is 445 g/mol. The molecule has 1 saturated heterocycles. The van der Waals surface area contributed by atoms with Crippen molar-refractivity contribution in [3.8, 4) is 5.88 Å². The highest BCUT2D eigenvalue weighted by atomic mass is 19.1. The van der Waals surface area contributed by atoms with Crippen LogP contribution in [0.2, 0.25) is 0 Å². The number of rotatable bonds is 5. The number of benzene rings is 1. The quantitative estimate of drug-likeness (QED) is 0.582. The number of nitrogens with one attached hydrogen (secondary N) is 1. The minimum Gasteiger partial charge on any atom is -0.477 e. The Morgan fingerprint density at radius 2 is 1.97 bits per heavy atom. The van der Waals surface area contributed by atoms with Gasteiger partial charge in [-0.15, -0.1) is 0 Å². The molecule has 0 radical (unpaired) electrons. The van der Waals surface area contributed by atoms with Crippen molar-refractivity contribution in [2.45, 2.75) is 32.9 Å². The number of nitrogens with zero attached hydrogens (tertiary/aromatic N) is 6. The molecule has 1 aliphatic heterocycles. The zero-order valence-electron chi connectivity index (χ0n) is 19.3. The molecule has 34 heavy (non-hydrogen) atoms. The second kappa shape index (κ2) is 9.12. The van der Waals surface area contributed by atoms with Crippen molar-refractivity contribution in [2.24, 2.45) is 7.05 Å². The van der Waals surface area contributed by atoms with Gasteiger partial charge in [0, 0.05) is 43.6 Å². The third kappa shape index (κ3) is 4.43.